The fraction of sp³-hybridized carbons (Fsp3) is 0.348. The van der Waals surface area contributed by atoms with E-state index in [9.17, 15) is 9.59 Å². The first-order chi connectivity index (χ1) is 15.5. The largest absolute Gasteiger partial charge is 0.493 e. The first-order valence-electron chi connectivity index (χ1n) is 10.1. The zero-order chi connectivity index (χ0) is 23.1. The van der Waals surface area contributed by atoms with Gasteiger partial charge in [-0.1, -0.05) is 30.0 Å². The van der Waals surface area contributed by atoms with Crippen LogP contribution in [0.15, 0.2) is 52.4 Å². The fourth-order valence-electron chi connectivity index (χ4n) is 3.30. The van der Waals surface area contributed by atoms with E-state index in [4.69, 9.17) is 14.2 Å². The molecular weight excluding hydrogens is 430 g/mol. The Morgan fingerprint density at radius 1 is 1.12 bits per heavy atom. The predicted molar refractivity (Wildman–Crippen MR) is 125 cm³/mol. The Labute approximate surface area is 190 Å². The number of nitrogens with zero attached hydrogens (tertiary/aromatic N) is 2. The van der Waals surface area contributed by atoms with E-state index in [1.807, 2.05) is 31.2 Å². The van der Waals surface area contributed by atoms with E-state index in [2.05, 4.69) is 10.3 Å². The van der Waals surface area contributed by atoms with Gasteiger partial charge in [0.2, 0.25) is 5.91 Å². The predicted octanol–water partition coefficient (Wildman–Crippen LogP) is 3.03. The van der Waals surface area contributed by atoms with Crippen molar-refractivity contribution in [1.29, 1.82) is 0 Å². The number of thioether (sulfide) groups is 1. The minimum atomic E-state index is -0.220. The number of amides is 1. The van der Waals surface area contributed by atoms with Crippen LogP contribution < -0.4 is 20.3 Å². The first-order valence-corrected chi connectivity index (χ1v) is 11.1. The summed E-state index contributed by atoms with van der Waals surface area (Å²) in [5.41, 5.74) is 1.34. The Bertz CT molecular complexity index is 1150. The number of fused-ring (bicyclic) bond motifs is 1. The second-order valence-corrected chi connectivity index (χ2v) is 8.09. The molecule has 0 saturated carbocycles. The van der Waals surface area contributed by atoms with Crippen LogP contribution in [0.3, 0.4) is 0 Å². The molecule has 0 aliphatic carbocycles. The van der Waals surface area contributed by atoms with Crippen molar-refractivity contribution in [3.63, 3.8) is 0 Å². The smallest absolute Gasteiger partial charge is 0.262 e. The molecule has 0 spiro atoms. The molecule has 0 aliphatic heterocycles. The van der Waals surface area contributed by atoms with E-state index in [-0.39, 0.29) is 23.3 Å². The van der Waals surface area contributed by atoms with Crippen molar-refractivity contribution < 1.29 is 19.0 Å². The Kier molecular flexibility index (Phi) is 8.13. The summed E-state index contributed by atoms with van der Waals surface area (Å²) >= 11 is 1.23. The van der Waals surface area contributed by atoms with Crippen LogP contribution in [0.2, 0.25) is 0 Å². The van der Waals surface area contributed by atoms with Crippen molar-refractivity contribution in [2.45, 2.75) is 24.7 Å². The first kappa shape index (κ1) is 23.6. The summed E-state index contributed by atoms with van der Waals surface area (Å²) in [6.07, 6.45) is 0. The van der Waals surface area contributed by atoms with Crippen molar-refractivity contribution in [1.82, 2.24) is 14.9 Å². The van der Waals surface area contributed by atoms with E-state index in [1.54, 1.807) is 44.1 Å². The number of benzene rings is 2. The fourth-order valence-corrected chi connectivity index (χ4v) is 4.23. The number of hydrogen-bond acceptors (Lipinski definition) is 7. The van der Waals surface area contributed by atoms with E-state index < -0.39 is 0 Å². The highest BCUT2D eigenvalue weighted by atomic mass is 32.2. The Morgan fingerprint density at radius 3 is 2.59 bits per heavy atom. The zero-order valence-electron chi connectivity index (χ0n) is 18.6. The second-order valence-electron chi connectivity index (χ2n) is 7.15. The number of aromatic nitrogens is 2. The SMILES string of the molecule is COC[C@H](C)n1c(SCC(=O)NCc2ccc(OC)c(OC)c2)nc2ccccc2c1=O. The van der Waals surface area contributed by atoms with Crippen LogP contribution in [-0.4, -0.2) is 49.1 Å². The molecule has 32 heavy (non-hydrogen) atoms. The highest BCUT2D eigenvalue weighted by Gasteiger charge is 2.17. The van der Waals surface area contributed by atoms with Gasteiger partial charge in [0.25, 0.3) is 5.56 Å². The monoisotopic (exact) mass is 457 g/mol. The Balaban J connectivity index is 1.73. The number of carbonyl (C=O) groups is 1. The summed E-state index contributed by atoms with van der Waals surface area (Å²) in [4.78, 5) is 30.2. The molecule has 1 atom stereocenters. The lowest BCUT2D eigenvalue weighted by atomic mass is 10.2. The van der Waals surface area contributed by atoms with Gasteiger partial charge in [0.15, 0.2) is 16.7 Å². The number of nitrogens with one attached hydrogen (secondary N) is 1. The van der Waals surface area contributed by atoms with Crippen LogP contribution in [-0.2, 0) is 16.1 Å². The number of para-hydroxylation sites is 1. The van der Waals surface area contributed by atoms with Gasteiger partial charge in [-0.2, -0.15) is 0 Å². The van der Waals surface area contributed by atoms with E-state index in [0.29, 0.717) is 40.7 Å². The van der Waals surface area contributed by atoms with Crippen molar-refractivity contribution in [3.05, 3.63) is 58.4 Å². The molecule has 0 radical (unpaired) electrons. The normalized spacial score (nSPS) is 11.9. The highest BCUT2D eigenvalue weighted by Crippen LogP contribution is 2.27. The van der Waals surface area contributed by atoms with Crippen LogP contribution >= 0.6 is 11.8 Å². The van der Waals surface area contributed by atoms with Gasteiger partial charge in [-0.25, -0.2) is 4.98 Å². The average molecular weight is 458 g/mol. The lowest BCUT2D eigenvalue weighted by Gasteiger charge is -2.18. The molecule has 0 aliphatic rings. The summed E-state index contributed by atoms with van der Waals surface area (Å²) < 4.78 is 17.4. The van der Waals surface area contributed by atoms with Crippen LogP contribution in [0.4, 0.5) is 0 Å². The van der Waals surface area contributed by atoms with Gasteiger partial charge in [0.05, 0.1) is 43.5 Å². The van der Waals surface area contributed by atoms with Gasteiger partial charge in [-0.05, 0) is 36.8 Å². The summed E-state index contributed by atoms with van der Waals surface area (Å²) in [6, 6.07) is 12.5. The van der Waals surface area contributed by atoms with Gasteiger partial charge in [-0.15, -0.1) is 0 Å². The lowest BCUT2D eigenvalue weighted by Crippen LogP contribution is -2.29. The topological polar surface area (TPSA) is 91.7 Å². The van der Waals surface area contributed by atoms with Crippen LogP contribution in [0, 0.1) is 0 Å². The molecule has 0 bridgehead atoms. The van der Waals surface area contributed by atoms with E-state index in [1.165, 1.54) is 11.8 Å². The molecule has 3 rings (SSSR count). The molecule has 9 heteroatoms. The molecule has 1 amide bonds. The quantitative estimate of drug-likeness (QED) is 0.370. The molecule has 3 aromatic rings. The average Bonchev–Trinajstić information content (AvgIpc) is 2.81. The molecule has 1 N–H and O–H groups in total. The van der Waals surface area contributed by atoms with Gasteiger partial charge in [0.1, 0.15) is 0 Å². The maximum atomic E-state index is 13.1. The van der Waals surface area contributed by atoms with Gasteiger partial charge >= 0.3 is 0 Å². The number of carbonyl (C=O) groups excluding carboxylic acids is 1. The lowest BCUT2D eigenvalue weighted by molar-refractivity contribution is -0.118. The summed E-state index contributed by atoms with van der Waals surface area (Å²) in [7, 11) is 4.73. The minimum Gasteiger partial charge on any atom is -0.493 e. The number of rotatable bonds is 10. The summed E-state index contributed by atoms with van der Waals surface area (Å²) in [6.45, 7) is 2.60. The molecule has 0 fully saturated rings. The third-order valence-corrected chi connectivity index (χ3v) is 5.85. The van der Waals surface area contributed by atoms with Crippen molar-refractivity contribution in [2.75, 3.05) is 33.7 Å². The van der Waals surface area contributed by atoms with Crippen molar-refractivity contribution in [3.8, 4) is 11.5 Å². The molecule has 8 nitrogen and oxygen atoms in total. The minimum absolute atomic E-state index is 0.123. The summed E-state index contributed by atoms with van der Waals surface area (Å²) in [5, 5.41) is 3.91. The van der Waals surface area contributed by atoms with Gasteiger partial charge in [0, 0.05) is 13.7 Å². The number of ether oxygens (including phenoxy) is 3. The Morgan fingerprint density at radius 2 is 1.88 bits per heavy atom. The molecule has 1 heterocycles. The Hall–Kier alpha value is -3.04. The molecule has 0 saturated heterocycles. The number of methoxy groups -OCH3 is 3. The molecule has 1 aromatic heterocycles. The third kappa shape index (κ3) is 5.41. The summed E-state index contributed by atoms with van der Waals surface area (Å²) in [5.74, 6) is 1.18. The molecule has 0 unspecified atom stereocenters. The van der Waals surface area contributed by atoms with Crippen molar-refractivity contribution >= 4 is 28.6 Å². The van der Waals surface area contributed by atoms with Gasteiger partial charge in [-0.3, -0.25) is 14.2 Å². The zero-order valence-corrected chi connectivity index (χ0v) is 19.4. The number of hydrogen-bond donors (Lipinski definition) is 1. The van der Waals surface area contributed by atoms with Gasteiger partial charge < -0.3 is 19.5 Å². The molecule has 2 aromatic carbocycles. The molecule has 170 valence electrons. The van der Waals surface area contributed by atoms with E-state index >= 15 is 0 Å². The maximum Gasteiger partial charge on any atom is 0.262 e. The van der Waals surface area contributed by atoms with Crippen LogP contribution in [0.5, 0.6) is 11.5 Å². The molecular formula is C23H27N3O5S. The van der Waals surface area contributed by atoms with Crippen LogP contribution in [0.25, 0.3) is 10.9 Å². The highest BCUT2D eigenvalue weighted by molar-refractivity contribution is 7.99. The van der Waals surface area contributed by atoms with E-state index in [0.717, 1.165) is 5.56 Å². The maximum absolute atomic E-state index is 13.1. The second kappa shape index (κ2) is 11.0. The van der Waals surface area contributed by atoms with Crippen molar-refractivity contribution in [2.24, 2.45) is 0 Å². The standard InChI is InChI=1S/C23H27N3O5S/c1-15(13-29-2)26-22(28)17-7-5-6-8-18(17)25-23(26)32-14-21(27)24-12-16-9-10-19(30-3)20(11-16)31-4/h5-11,15H,12-14H2,1-4H3,(H,24,27)/t15-/m0/s1. The third-order valence-electron chi connectivity index (χ3n) is 4.89. The van der Waals surface area contributed by atoms with Crippen LogP contribution in [0.1, 0.15) is 18.5 Å².